The van der Waals surface area contributed by atoms with E-state index in [-0.39, 0.29) is 0 Å². The van der Waals surface area contributed by atoms with Crippen molar-refractivity contribution in [1.29, 1.82) is 0 Å². The van der Waals surface area contributed by atoms with Gasteiger partial charge in [-0.3, -0.25) is 0 Å². The molecule has 1 aliphatic rings. The van der Waals surface area contributed by atoms with Crippen LogP contribution in [0.4, 0.5) is 0 Å². The van der Waals surface area contributed by atoms with E-state index in [9.17, 15) is 5.11 Å². The predicted molar refractivity (Wildman–Crippen MR) is 73.1 cm³/mol. The molecule has 3 nitrogen and oxygen atoms in total. The lowest BCUT2D eigenvalue weighted by atomic mass is 9.78. The zero-order valence-electron chi connectivity index (χ0n) is 12.2. The van der Waals surface area contributed by atoms with Gasteiger partial charge in [-0.15, -0.1) is 0 Å². The zero-order valence-corrected chi connectivity index (χ0v) is 12.2. The average Bonchev–Trinajstić information content (AvgIpc) is 2.18. The van der Waals surface area contributed by atoms with E-state index in [1.165, 1.54) is 19.3 Å². The first kappa shape index (κ1) is 14.9. The van der Waals surface area contributed by atoms with E-state index in [1.807, 2.05) is 25.9 Å². The van der Waals surface area contributed by atoms with Crippen molar-refractivity contribution in [3.05, 3.63) is 0 Å². The fourth-order valence-corrected chi connectivity index (χ4v) is 2.96. The van der Waals surface area contributed by atoms with Crippen LogP contribution in [0.15, 0.2) is 0 Å². The molecule has 2 N–H and O–H groups in total. The molecular formula is C14H30N2O. The van der Waals surface area contributed by atoms with Crippen molar-refractivity contribution in [1.82, 2.24) is 10.2 Å². The lowest BCUT2D eigenvalue weighted by Crippen LogP contribution is -2.51. The number of likely N-dealkylation sites (N-methyl/N-ethyl adjacent to an activating group) is 1. The molecular weight excluding hydrogens is 212 g/mol. The summed E-state index contributed by atoms with van der Waals surface area (Å²) in [4.78, 5) is 2.04. The van der Waals surface area contributed by atoms with Gasteiger partial charge >= 0.3 is 0 Å². The largest absolute Gasteiger partial charge is 0.388 e. The van der Waals surface area contributed by atoms with E-state index in [2.05, 4.69) is 19.2 Å². The maximum Gasteiger partial charge on any atom is 0.0869 e. The van der Waals surface area contributed by atoms with Gasteiger partial charge in [0, 0.05) is 19.1 Å². The van der Waals surface area contributed by atoms with Crippen LogP contribution in [0.25, 0.3) is 0 Å². The Bertz CT molecular complexity index is 228. The van der Waals surface area contributed by atoms with Gasteiger partial charge in [0.25, 0.3) is 0 Å². The second-order valence-electron chi connectivity index (χ2n) is 6.49. The van der Waals surface area contributed by atoms with Crippen molar-refractivity contribution >= 4 is 0 Å². The van der Waals surface area contributed by atoms with E-state index in [0.717, 1.165) is 11.8 Å². The molecule has 0 aromatic rings. The molecule has 1 fully saturated rings. The molecule has 0 aliphatic heterocycles. The fourth-order valence-electron chi connectivity index (χ4n) is 2.96. The number of aliphatic hydroxyl groups is 1. The summed E-state index contributed by atoms with van der Waals surface area (Å²) in [5, 5.41) is 13.8. The second-order valence-corrected chi connectivity index (χ2v) is 6.49. The lowest BCUT2D eigenvalue weighted by molar-refractivity contribution is 0.0264. The zero-order chi connectivity index (χ0) is 13.1. The topological polar surface area (TPSA) is 35.5 Å². The highest BCUT2D eigenvalue weighted by atomic mass is 16.3. The monoisotopic (exact) mass is 242 g/mol. The molecule has 3 heteroatoms. The van der Waals surface area contributed by atoms with Crippen molar-refractivity contribution in [2.24, 2.45) is 11.8 Å². The average molecular weight is 242 g/mol. The third-order valence-electron chi connectivity index (χ3n) is 4.11. The molecule has 1 rings (SSSR count). The highest BCUT2D eigenvalue weighted by molar-refractivity contribution is 4.86. The molecule has 1 aliphatic carbocycles. The first-order chi connectivity index (χ1) is 7.82. The van der Waals surface area contributed by atoms with Crippen LogP contribution in [0.3, 0.4) is 0 Å². The van der Waals surface area contributed by atoms with Crippen molar-refractivity contribution in [3.8, 4) is 0 Å². The predicted octanol–water partition coefficient (Wildman–Crippen LogP) is 1.71. The van der Waals surface area contributed by atoms with E-state index < -0.39 is 5.60 Å². The molecule has 4 atom stereocenters. The molecule has 0 radical (unpaired) electrons. The minimum Gasteiger partial charge on any atom is -0.388 e. The molecule has 0 amide bonds. The molecule has 0 heterocycles. The van der Waals surface area contributed by atoms with E-state index in [0.29, 0.717) is 19.1 Å². The molecule has 0 aromatic carbocycles. The van der Waals surface area contributed by atoms with Crippen LogP contribution >= 0.6 is 0 Å². The minimum atomic E-state index is -0.635. The highest BCUT2D eigenvalue weighted by Gasteiger charge is 2.29. The number of rotatable bonds is 5. The van der Waals surface area contributed by atoms with Gasteiger partial charge in [-0.25, -0.2) is 0 Å². The Morgan fingerprint density at radius 3 is 2.53 bits per heavy atom. The standard InChI is InChI=1S/C14H30N2O/c1-11-7-6-8-13(12(11)2)15-9-14(3,17)10-16(4)5/h11-13,15,17H,6-10H2,1-5H3/t11-,12+,13+,14-/m1/s1. The summed E-state index contributed by atoms with van der Waals surface area (Å²) in [5.41, 5.74) is -0.635. The van der Waals surface area contributed by atoms with Crippen LogP contribution in [0.5, 0.6) is 0 Å². The summed E-state index contributed by atoms with van der Waals surface area (Å²) >= 11 is 0. The Labute approximate surface area is 107 Å². The number of nitrogens with one attached hydrogen (secondary N) is 1. The van der Waals surface area contributed by atoms with Gasteiger partial charge in [0.1, 0.15) is 0 Å². The molecule has 0 spiro atoms. The minimum absolute atomic E-state index is 0.576. The number of hydrogen-bond donors (Lipinski definition) is 2. The Kier molecular flexibility index (Phi) is 5.42. The van der Waals surface area contributed by atoms with Crippen LogP contribution in [0.2, 0.25) is 0 Å². The third kappa shape index (κ3) is 4.94. The maximum atomic E-state index is 10.3. The van der Waals surface area contributed by atoms with E-state index in [1.54, 1.807) is 0 Å². The molecule has 102 valence electrons. The summed E-state index contributed by atoms with van der Waals surface area (Å²) in [5.74, 6) is 1.53. The fraction of sp³-hybridized carbons (Fsp3) is 1.00. The SMILES string of the molecule is C[C@H]1[C@H](C)CCC[C@@H]1NC[C@@](C)(O)CN(C)C. The van der Waals surface area contributed by atoms with Crippen LogP contribution in [0.1, 0.15) is 40.0 Å². The lowest BCUT2D eigenvalue weighted by Gasteiger charge is -2.37. The quantitative estimate of drug-likeness (QED) is 0.770. The summed E-state index contributed by atoms with van der Waals surface area (Å²) in [6.45, 7) is 7.99. The van der Waals surface area contributed by atoms with Crippen LogP contribution in [-0.4, -0.2) is 48.8 Å². The van der Waals surface area contributed by atoms with Crippen LogP contribution in [0, 0.1) is 11.8 Å². The first-order valence-electron chi connectivity index (χ1n) is 6.92. The van der Waals surface area contributed by atoms with Crippen molar-refractivity contribution in [2.45, 2.75) is 51.7 Å². The van der Waals surface area contributed by atoms with Gasteiger partial charge in [0.2, 0.25) is 0 Å². The molecule has 0 bridgehead atoms. The smallest absolute Gasteiger partial charge is 0.0869 e. The van der Waals surface area contributed by atoms with Gasteiger partial charge in [-0.05, 0) is 39.3 Å². The van der Waals surface area contributed by atoms with Crippen molar-refractivity contribution in [3.63, 3.8) is 0 Å². The van der Waals surface area contributed by atoms with Crippen molar-refractivity contribution in [2.75, 3.05) is 27.2 Å². The maximum absolute atomic E-state index is 10.3. The van der Waals surface area contributed by atoms with Crippen LogP contribution in [-0.2, 0) is 0 Å². The summed E-state index contributed by atoms with van der Waals surface area (Å²) < 4.78 is 0. The number of nitrogens with zero attached hydrogens (tertiary/aromatic N) is 1. The normalized spacial score (nSPS) is 33.7. The molecule has 1 saturated carbocycles. The Hall–Kier alpha value is -0.120. The van der Waals surface area contributed by atoms with Crippen LogP contribution < -0.4 is 5.32 Å². The molecule has 0 aromatic heterocycles. The van der Waals surface area contributed by atoms with Gasteiger partial charge in [0.05, 0.1) is 5.60 Å². The molecule has 0 unspecified atom stereocenters. The van der Waals surface area contributed by atoms with E-state index >= 15 is 0 Å². The summed E-state index contributed by atoms with van der Waals surface area (Å²) in [6.07, 6.45) is 3.93. The number of hydrogen-bond acceptors (Lipinski definition) is 3. The summed E-state index contributed by atoms with van der Waals surface area (Å²) in [7, 11) is 4.00. The Morgan fingerprint density at radius 1 is 1.29 bits per heavy atom. The van der Waals surface area contributed by atoms with Gasteiger partial charge in [-0.1, -0.05) is 26.7 Å². The first-order valence-corrected chi connectivity index (χ1v) is 6.92. The Morgan fingerprint density at radius 2 is 1.94 bits per heavy atom. The Balaban J connectivity index is 2.38. The highest BCUT2D eigenvalue weighted by Crippen LogP contribution is 2.29. The van der Waals surface area contributed by atoms with E-state index in [4.69, 9.17) is 0 Å². The van der Waals surface area contributed by atoms with Crippen molar-refractivity contribution < 1.29 is 5.11 Å². The summed E-state index contributed by atoms with van der Waals surface area (Å²) in [6, 6.07) is 0.576. The van der Waals surface area contributed by atoms with Gasteiger partial charge in [-0.2, -0.15) is 0 Å². The van der Waals surface area contributed by atoms with Gasteiger partial charge in [0.15, 0.2) is 0 Å². The molecule has 0 saturated heterocycles. The molecule has 17 heavy (non-hydrogen) atoms. The second kappa shape index (κ2) is 6.17. The van der Waals surface area contributed by atoms with Gasteiger partial charge < -0.3 is 15.3 Å². The third-order valence-corrected chi connectivity index (χ3v) is 4.11.